The first-order chi connectivity index (χ1) is 13.7. The predicted octanol–water partition coefficient (Wildman–Crippen LogP) is 1.13. The average Bonchev–Trinajstić information content (AvgIpc) is 2.73. The third-order valence-electron chi connectivity index (χ3n) is 5.55. The Morgan fingerprint density at radius 3 is 2.14 bits per heavy atom. The number of sulfonamides is 1. The number of piperidine rings is 1. The van der Waals surface area contributed by atoms with E-state index in [9.17, 15) is 16.8 Å². The van der Waals surface area contributed by atoms with Crippen LogP contribution in [-0.2, 0) is 20.2 Å². The second-order valence-electron chi connectivity index (χ2n) is 7.28. The largest absolute Gasteiger partial charge is 0.497 e. The van der Waals surface area contributed by atoms with E-state index in [4.69, 9.17) is 9.47 Å². The van der Waals surface area contributed by atoms with Crippen LogP contribution in [0.1, 0.15) is 26.2 Å². The lowest BCUT2D eigenvalue weighted by molar-refractivity contribution is 0.219. The molecule has 0 amide bonds. The van der Waals surface area contributed by atoms with Crippen molar-refractivity contribution in [3.8, 4) is 11.5 Å². The zero-order valence-electron chi connectivity index (χ0n) is 17.1. The zero-order valence-corrected chi connectivity index (χ0v) is 18.7. The van der Waals surface area contributed by atoms with E-state index >= 15 is 0 Å². The summed E-state index contributed by atoms with van der Waals surface area (Å²) in [6, 6.07) is 4.57. The highest BCUT2D eigenvalue weighted by Gasteiger charge is 2.39. The number of piperazine rings is 1. The topological polar surface area (TPSA) is 96.5 Å². The molecule has 11 heteroatoms. The van der Waals surface area contributed by atoms with Gasteiger partial charge in [0.15, 0.2) is 0 Å². The van der Waals surface area contributed by atoms with Gasteiger partial charge < -0.3 is 9.47 Å². The molecule has 1 aromatic carbocycles. The molecule has 164 valence electrons. The van der Waals surface area contributed by atoms with Crippen molar-refractivity contribution in [2.24, 2.45) is 0 Å². The third kappa shape index (κ3) is 4.38. The lowest BCUT2D eigenvalue weighted by Gasteiger charge is -2.39. The summed E-state index contributed by atoms with van der Waals surface area (Å²) < 4.78 is 66.9. The van der Waals surface area contributed by atoms with Gasteiger partial charge in [0.2, 0.25) is 10.0 Å². The Morgan fingerprint density at radius 2 is 1.55 bits per heavy atom. The summed E-state index contributed by atoms with van der Waals surface area (Å²) in [6.07, 6.45) is 2.73. The first-order valence-corrected chi connectivity index (χ1v) is 12.5. The molecule has 0 aliphatic carbocycles. The lowest BCUT2D eigenvalue weighted by atomic mass is 10.1. The van der Waals surface area contributed by atoms with Gasteiger partial charge in [0.25, 0.3) is 10.2 Å². The van der Waals surface area contributed by atoms with Crippen LogP contribution in [0.5, 0.6) is 11.5 Å². The number of ether oxygens (including phenoxy) is 2. The van der Waals surface area contributed by atoms with Gasteiger partial charge in [-0.2, -0.15) is 21.3 Å². The van der Waals surface area contributed by atoms with Crippen molar-refractivity contribution in [1.29, 1.82) is 0 Å². The van der Waals surface area contributed by atoms with Crippen molar-refractivity contribution in [2.45, 2.75) is 37.1 Å². The molecule has 0 bridgehead atoms. The van der Waals surface area contributed by atoms with Crippen LogP contribution in [0.4, 0.5) is 0 Å². The fourth-order valence-electron chi connectivity index (χ4n) is 3.83. The summed E-state index contributed by atoms with van der Waals surface area (Å²) in [7, 11) is -4.57. The molecule has 0 N–H and O–H groups in total. The van der Waals surface area contributed by atoms with Crippen molar-refractivity contribution in [1.82, 2.24) is 12.9 Å². The van der Waals surface area contributed by atoms with Crippen molar-refractivity contribution in [3.63, 3.8) is 0 Å². The van der Waals surface area contributed by atoms with Crippen LogP contribution in [0.3, 0.4) is 0 Å². The van der Waals surface area contributed by atoms with E-state index in [2.05, 4.69) is 0 Å². The summed E-state index contributed by atoms with van der Waals surface area (Å²) >= 11 is 0. The smallest absolute Gasteiger partial charge is 0.282 e. The van der Waals surface area contributed by atoms with Crippen LogP contribution in [0.2, 0.25) is 0 Å². The molecule has 0 aromatic heterocycles. The van der Waals surface area contributed by atoms with Crippen LogP contribution in [0.15, 0.2) is 23.1 Å². The Kier molecular flexibility index (Phi) is 6.74. The van der Waals surface area contributed by atoms with Crippen LogP contribution in [0.25, 0.3) is 0 Å². The van der Waals surface area contributed by atoms with Gasteiger partial charge in [-0.3, -0.25) is 0 Å². The van der Waals surface area contributed by atoms with E-state index in [0.29, 0.717) is 12.3 Å². The van der Waals surface area contributed by atoms with Crippen molar-refractivity contribution in [3.05, 3.63) is 18.2 Å². The highest BCUT2D eigenvalue weighted by Crippen LogP contribution is 2.31. The lowest BCUT2D eigenvalue weighted by Crippen LogP contribution is -2.56. The minimum atomic E-state index is -3.85. The van der Waals surface area contributed by atoms with E-state index < -0.39 is 20.2 Å². The van der Waals surface area contributed by atoms with Crippen LogP contribution >= 0.6 is 0 Å². The molecule has 2 heterocycles. The fourth-order valence-corrected chi connectivity index (χ4v) is 7.26. The maximum atomic E-state index is 13.2. The van der Waals surface area contributed by atoms with Gasteiger partial charge in [-0.15, -0.1) is 0 Å². The molecule has 9 nitrogen and oxygen atoms in total. The highest BCUT2D eigenvalue weighted by atomic mass is 32.2. The molecule has 1 aromatic rings. The van der Waals surface area contributed by atoms with Crippen LogP contribution < -0.4 is 9.47 Å². The summed E-state index contributed by atoms with van der Waals surface area (Å²) in [4.78, 5) is 0.0142. The molecule has 2 saturated heterocycles. The summed E-state index contributed by atoms with van der Waals surface area (Å²) in [5.41, 5.74) is 0. The molecule has 2 fully saturated rings. The zero-order chi connectivity index (χ0) is 21.2. The first-order valence-electron chi connectivity index (χ1n) is 9.71. The molecule has 29 heavy (non-hydrogen) atoms. The maximum Gasteiger partial charge on any atom is 0.282 e. The van der Waals surface area contributed by atoms with E-state index in [1.165, 1.54) is 28.9 Å². The van der Waals surface area contributed by atoms with Crippen LogP contribution in [0, 0.1) is 0 Å². The molecule has 3 rings (SSSR count). The molecular formula is C18H29N3O6S2. The molecule has 2 aliphatic heterocycles. The number of rotatable bonds is 6. The number of hydrogen-bond acceptors (Lipinski definition) is 6. The molecule has 0 spiro atoms. The Morgan fingerprint density at radius 1 is 0.897 bits per heavy atom. The summed E-state index contributed by atoms with van der Waals surface area (Å²) in [5, 5.41) is 0. The standard InChI is InChI=1S/C18H29N3O6S2/c1-15-6-4-5-9-21(15)29(24,25)20-12-10-19(11-13-20)28(22,23)18-14-16(26-2)7-8-17(18)27-3/h7-8,14-15H,4-6,9-13H2,1-3H3. The number of hydrogen-bond donors (Lipinski definition) is 0. The minimum absolute atomic E-state index is 0.0142. The van der Waals surface area contributed by atoms with Gasteiger partial charge in [0.1, 0.15) is 16.4 Å². The van der Waals surface area contributed by atoms with E-state index in [1.54, 1.807) is 16.4 Å². The van der Waals surface area contributed by atoms with Gasteiger partial charge in [-0.1, -0.05) is 6.42 Å². The molecule has 2 aliphatic rings. The van der Waals surface area contributed by atoms with Crippen molar-refractivity contribution >= 4 is 20.2 Å². The molecule has 1 atom stereocenters. The Balaban J connectivity index is 1.76. The second kappa shape index (κ2) is 8.76. The predicted molar refractivity (Wildman–Crippen MR) is 109 cm³/mol. The monoisotopic (exact) mass is 447 g/mol. The minimum Gasteiger partial charge on any atom is -0.497 e. The fraction of sp³-hybridized carbons (Fsp3) is 0.667. The van der Waals surface area contributed by atoms with E-state index in [1.807, 2.05) is 6.92 Å². The van der Waals surface area contributed by atoms with Crippen molar-refractivity contribution < 1.29 is 26.3 Å². The molecular weight excluding hydrogens is 418 g/mol. The SMILES string of the molecule is COc1ccc(OC)c(S(=O)(=O)N2CCN(S(=O)(=O)N3CCCCC3C)CC2)c1. The normalized spacial score (nSPS) is 23.1. The van der Waals surface area contributed by atoms with E-state index in [-0.39, 0.29) is 42.9 Å². The number of benzene rings is 1. The highest BCUT2D eigenvalue weighted by molar-refractivity contribution is 7.89. The quantitative estimate of drug-likeness (QED) is 0.649. The molecule has 0 saturated carbocycles. The van der Waals surface area contributed by atoms with Crippen LogP contribution in [-0.4, -0.2) is 82.7 Å². The number of nitrogens with zero attached hydrogens (tertiary/aromatic N) is 3. The maximum absolute atomic E-state index is 13.2. The first kappa shape index (κ1) is 22.3. The van der Waals surface area contributed by atoms with Gasteiger partial charge >= 0.3 is 0 Å². The molecule has 1 unspecified atom stereocenters. The average molecular weight is 448 g/mol. The van der Waals surface area contributed by atoms with Crippen molar-refractivity contribution in [2.75, 3.05) is 46.9 Å². The van der Waals surface area contributed by atoms with Gasteiger partial charge in [0.05, 0.1) is 14.2 Å². The molecule has 0 radical (unpaired) electrons. The van der Waals surface area contributed by atoms with Gasteiger partial charge in [0, 0.05) is 44.8 Å². The Labute approximate surface area is 173 Å². The number of methoxy groups -OCH3 is 2. The van der Waals surface area contributed by atoms with Gasteiger partial charge in [-0.05, 0) is 31.9 Å². The third-order valence-corrected chi connectivity index (χ3v) is 9.62. The Hall–Kier alpha value is -1.40. The summed E-state index contributed by atoms with van der Waals surface area (Å²) in [6.45, 7) is 2.86. The van der Waals surface area contributed by atoms with E-state index in [0.717, 1.165) is 19.3 Å². The summed E-state index contributed by atoms with van der Waals surface area (Å²) in [5.74, 6) is 0.632. The van der Waals surface area contributed by atoms with Gasteiger partial charge in [-0.25, -0.2) is 8.42 Å². The Bertz CT molecular complexity index is 927. The second-order valence-corrected chi connectivity index (χ2v) is 11.1.